The van der Waals surface area contributed by atoms with Crippen LogP contribution in [0.5, 0.6) is 5.75 Å². The number of fused-ring (bicyclic) bond motifs is 1. The smallest absolute Gasteiger partial charge is 0.333 e. The van der Waals surface area contributed by atoms with E-state index in [0.717, 1.165) is 34.6 Å². The molecule has 48 heavy (non-hydrogen) atoms. The number of hydrazine groups is 1. The van der Waals surface area contributed by atoms with Crippen molar-refractivity contribution in [1.82, 2.24) is 30.1 Å². The number of urea groups is 1. The number of pyridine rings is 1. The molecule has 10 nitrogen and oxygen atoms in total. The highest BCUT2D eigenvalue weighted by Crippen LogP contribution is 2.31. The summed E-state index contributed by atoms with van der Waals surface area (Å²) < 4.78 is 0. The highest BCUT2D eigenvalue weighted by molar-refractivity contribution is 6.35. The fourth-order valence-corrected chi connectivity index (χ4v) is 5.35. The topological polar surface area (TPSA) is 109 Å². The predicted molar refractivity (Wildman–Crippen MR) is 191 cm³/mol. The molecule has 0 saturated carbocycles. The van der Waals surface area contributed by atoms with Crippen LogP contribution in [0.15, 0.2) is 97.7 Å². The van der Waals surface area contributed by atoms with Gasteiger partial charge in [-0.3, -0.25) is 14.8 Å². The van der Waals surface area contributed by atoms with Gasteiger partial charge in [-0.05, 0) is 69.4 Å². The molecule has 1 heterocycles. The molecule has 1 aromatic heterocycles. The van der Waals surface area contributed by atoms with Crippen molar-refractivity contribution < 1.29 is 19.5 Å². The summed E-state index contributed by atoms with van der Waals surface area (Å²) >= 11 is 6.43. The van der Waals surface area contributed by atoms with Crippen LogP contribution in [0.2, 0.25) is 5.02 Å². The number of benzene rings is 3. The zero-order chi connectivity index (χ0) is 35.1. The molecule has 0 aliphatic carbocycles. The minimum atomic E-state index is -0.597. The molecule has 3 aromatic carbocycles. The quantitative estimate of drug-likeness (QED) is 0.0701. The first kappa shape index (κ1) is 37.8. The lowest BCUT2D eigenvalue weighted by Gasteiger charge is -2.44. The van der Waals surface area contributed by atoms with Crippen molar-refractivity contribution in [3.05, 3.63) is 119 Å². The minimum Gasteiger partial charge on any atom is -0.508 e. The summed E-state index contributed by atoms with van der Waals surface area (Å²) in [5.41, 5.74) is 3.89. The molecule has 0 spiro atoms. The number of aldehydes is 2. The largest absolute Gasteiger partial charge is 0.508 e. The number of rotatable bonds is 15. The van der Waals surface area contributed by atoms with Gasteiger partial charge in [0.2, 0.25) is 0 Å². The SMILES string of the molecule is C=CCN(CC=O)N(C(=O)NCc1ccccc1)C(CN(C)C(C)c1ccc(Cl)c2cccnc12)N(C)CC=O.Cc1ccc(O)cc1. The lowest BCUT2D eigenvalue weighted by Crippen LogP contribution is -2.63. The molecular formula is C37H45ClN6O4. The summed E-state index contributed by atoms with van der Waals surface area (Å²) in [5.74, 6) is 0.329. The van der Waals surface area contributed by atoms with Crippen LogP contribution in [0.1, 0.15) is 29.7 Å². The number of carbonyl (C=O) groups excluding carboxylic acids is 3. The Morgan fingerprint density at radius 2 is 1.62 bits per heavy atom. The lowest BCUT2D eigenvalue weighted by atomic mass is 10.0. The number of nitrogens with one attached hydrogen (secondary N) is 1. The molecule has 2 amide bonds. The fourth-order valence-electron chi connectivity index (χ4n) is 5.13. The van der Waals surface area contributed by atoms with Crippen LogP contribution in [-0.4, -0.2) is 95.0 Å². The normalized spacial score (nSPS) is 12.2. The number of likely N-dealkylation sites (N-methyl/N-ethyl adjacent to an activating group) is 2. The van der Waals surface area contributed by atoms with Crippen LogP contribution in [-0.2, 0) is 16.1 Å². The van der Waals surface area contributed by atoms with Gasteiger partial charge in [0, 0.05) is 42.3 Å². The Morgan fingerprint density at radius 3 is 2.25 bits per heavy atom. The maximum atomic E-state index is 13.8. The number of aromatic hydroxyl groups is 1. The highest BCUT2D eigenvalue weighted by atomic mass is 35.5. The molecule has 0 bridgehead atoms. The predicted octanol–water partition coefficient (Wildman–Crippen LogP) is 5.85. The van der Waals surface area contributed by atoms with Gasteiger partial charge in [0.15, 0.2) is 0 Å². The number of hydrogen-bond acceptors (Lipinski definition) is 8. The van der Waals surface area contributed by atoms with E-state index in [2.05, 4.69) is 28.7 Å². The van der Waals surface area contributed by atoms with E-state index in [0.29, 0.717) is 23.9 Å². The third-order valence-electron chi connectivity index (χ3n) is 7.92. The Bertz CT molecular complexity index is 1590. The van der Waals surface area contributed by atoms with Crippen molar-refractivity contribution in [3.8, 4) is 5.75 Å². The Labute approximate surface area is 288 Å². The summed E-state index contributed by atoms with van der Waals surface area (Å²) in [6, 6.07) is 23.8. The van der Waals surface area contributed by atoms with E-state index in [1.165, 1.54) is 10.6 Å². The minimum absolute atomic E-state index is 0.0266. The molecule has 0 aliphatic heterocycles. The van der Waals surface area contributed by atoms with E-state index in [1.807, 2.05) is 80.7 Å². The molecule has 4 aromatic rings. The maximum Gasteiger partial charge on any atom is 0.333 e. The number of hydrogen-bond donors (Lipinski definition) is 2. The molecule has 0 fully saturated rings. The summed E-state index contributed by atoms with van der Waals surface area (Å²) in [7, 11) is 3.73. The molecule has 2 unspecified atom stereocenters. The summed E-state index contributed by atoms with van der Waals surface area (Å²) in [6.45, 7) is 8.83. The number of amides is 2. The van der Waals surface area contributed by atoms with Crippen LogP contribution in [0.4, 0.5) is 4.79 Å². The molecule has 0 saturated heterocycles. The number of aromatic nitrogens is 1. The molecular weight excluding hydrogens is 628 g/mol. The second-order valence-electron chi connectivity index (χ2n) is 11.4. The third-order valence-corrected chi connectivity index (χ3v) is 8.25. The molecule has 0 aliphatic rings. The highest BCUT2D eigenvalue weighted by Gasteiger charge is 2.34. The first-order valence-electron chi connectivity index (χ1n) is 15.6. The van der Waals surface area contributed by atoms with Gasteiger partial charge in [-0.15, -0.1) is 6.58 Å². The van der Waals surface area contributed by atoms with Gasteiger partial charge >= 0.3 is 6.03 Å². The van der Waals surface area contributed by atoms with Gasteiger partial charge in [0.05, 0.1) is 18.6 Å². The van der Waals surface area contributed by atoms with Gasteiger partial charge in [0.25, 0.3) is 0 Å². The van der Waals surface area contributed by atoms with Crippen LogP contribution in [0.3, 0.4) is 0 Å². The molecule has 254 valence electrons. The van der Waals surface area contributed by atoms with Crippen molar-refractivity contribution in [2.45, 2.75) is 32.6 Å². The Balaban J connectivity index is 0.000000681. The van der Waals surface area contributed by atoms with E-state index >= 15 is 0 Å². The average molecular weight is 673 g/mol. The number of phenols is 1. The van der Waals surface area contributed by atoms with Crippen LogP contribution < -0.4 is 5.32 Å². The van der Waals surface area contributed by atoms with Gasteiger partial charge < -0.3 is 20.0 Å². The maximum absolute atomic E-state index is 13.8. The van der Waals surface area contributed by atoms with Gasteiger partial charge in [-0.1, -0.05) is 71.8 Å². The first-order chi connectivity index (χ1) is 23.1. The number of phenolic OH excluding ortho intramolecular Hbond substituents is 1. The van der Waals surface area contributed by atoms with E-state index in [9.17, 15) is 14.4 Å². The summed E-state index contributed by atoms with van der Waals surface area (Å²) in [6.07, 6.45) is 4.32. The summed E-state index contributed by atoms with van der Waals surface area (Å²) in [4.78, 5) is 45.5. The molecule has 2 N–H and O–H groups in total. The van der Waals surface area contributed by atoms with Gasteiger partial charge in [0.1, 0.15) is 24.5 Å². The third kappa shape index (κ3) is 10.7. The van der Waals surface area contributed by atoms with Gasteiger partial charge in [-0.25, -0.2) is 14.8 Å². The van der Waals surface area contributed by atoms with E-state index in [4.69, 9.17) is 16.7 Å². The van der Waals surface area contributed by atoms with Crippen molar-refractivity contribution in [2.75, 3.05) is 40.3 Å². The number of halogens is 1. The first-order valence-corrected chi connectivity index (χ1v) is 16.0. The molecule has 0 radical (unpaired) electrons. The fraction of sp³-hybridized carbons (Fsp3) is 0.297. The summed E-state index contributed by atoms with van der Waals surface area (Å²) in [5, 5.41) is 16.4. The number of aryl methyl sites for hydroxylation is 1. The van der Waals surface area contributed by atoms with Crippen molar-refractivity contribution in [1.29, 1.82) is 0 Å². The van der Waals surface area contributed by atoms with E-state index in [1.54, 1.807) is 41.4 Å². The zero-order valence-corrected chi connectivity index (χ0v) is 28.8. The van der Waals surface area contributed by atoms with Crippen LogP contribution in [0.25, 0.3) is 10.9 Å². The van der Waals surface area contributed by atoms with E-state index in [-0.39, 0.29) is 25.7 Å². The second kappa shape index (κ2) is 19.3. The van der Waals surface area contributed by atoms with E-state index < -0.39 is 12.2 Å². The number of nitrogens with zero attached hydrogens (tertiary/aromatic N) is 5. The average Bonchev–Trinajstić information content (AvgIpc) is 3.09. The van der Waals surface area contributed by atoms with Crippen molar-refractivity contribution >= 4 is 41.1 Å². The lowest BCUT2D eigenvalue weighted by molar-refractivity contribution is -0.120. The molecule has 2 atom stereocenters. The molecule has 4 rings (SSSR count). The van der Waals surface area contributed by atoms with Crippen LogP contribution >= 0.6 is 11.6 Å². The second-order valence-corrected chi connectivity index (χ2v) is 11.8. The van der Waals surface area contributed by atoms with Crippen molar-refractivity contribution in [3.63, 3.8) is 0 Å². The van der Waals surface area contributed by atoms with Crippen molar-refractivity contribution in [2.24, 2.45) is 0 Å². The number of carbonyl (C=O) groups is 3. The zero-order valence-electron chi connectivity index (χ0n) is 28.0. The standard InChI is InChI=1S/C30H37ClN6O3.C7H8O/c1-5-16-36(18-20-39)37(30(40)33-21-24-10-7-6-8-11-24)28(34(3)17-19-38)22-35(4)23(2)25-13-14-27(31)26-12-9-15-32-29(25)26;1-6-2-4-7(8)5-3-6/h5-15,19-20,23,28H,1,16-18,21-22H2,2-4H3,(H,33,40);2-5,8H,1H3. The monoisotopic (exact) mass is 672 g/mol. The van der Waals surface area contributed by atoms with Gasteiger partial charge in [-0.2, -0.15) is 0 Å². The Morgan fingerprint density at radius 1 is 0.938 bits per heavy atom. The Kier molecular flexibility index (Phi) is 15.2. The van der Waals surface area contributed by atoms with Crippen LogP contribution in [0, 0.1) is 6.92 Å². The molecule has 11 heteroatoms. The Hall–Kier alpha value is -4.61.